The fourth-order valence-electron chi connectivity index (χ4n) is 9.42. The molecule has 1 saturated heterocycles. The summed E-state index contributed by atoms with van der Waals surface area (Å²) in [5.74, 6) is -1.96. The van der Waals surface area contributed by atoms with E-state index in [1.165, 1.54) is 16.2 Å². The summed E-state index contributed by atoms with van der Waals surface area (Å²) in [6.45, 7) is 18.2. The molecule has 354 valence electrons. The van der Waals surface area contributed by atoms with Gasteiger partial charge in [0.05, 0.1) is 42.7 Å². The summed E-state index contributed by atoms with van der Waals surface area (Å²) < 4.78 is 12.2. The maximum absolute atomic E-state index is 14.5. The van der Waals surface area contributed by atoms with E-state index in [9.17, 15) is 24.0 Å². The SMILES string of the molecule is CC[C@H](C)[C@@H]([C@@H](CC(=O)N1CCC[C@H]1[C@H](OC)[C@@H](C)C(=O)N[C@@H](Cc1ccccc1)c1nccs1)OC)N(C)C[C@](C=O)(NC(=O)[C@H](C(C)C)N(C)C(=O)[C@@H](NC)C(C)C)C(C)C. The van der Waals surface area contributed by atoms with Crippen LogP contribution in [0.5, 0.6) is 0 Å². The molecule has 3 rings (SSSR count). The second-order valence-corrected chi connectivity index (χ2v) is 19.6. The van der Waals surface area contributed by atoms with Crippen LogP contribution >= 0.6 is 11.3 Å². The van der Waals surface area contributed by atoms with Crippen LogP contribution in [-0.2, 0) is 39.9 Å². The monoisotopic (exact) mass is 898 g/mol. The van der Waals surface area contributed by atoms with Gasteiger partial charge in [0.15, 0.2) is 0 Å². The van der Waals surface area contributed by atoms with Crippen LogP contribution in [0.4, 0.5) is 0 Å². The fraction of sp³-hybridized carbons (Fsp3) is 0.708. The number of benzene rings is 1. The van der Waals surface area contributed by atoms with Crippen molar-refractivity contribution in [2.45, 2.75) is 142 Å². The van der Waals surface area contributed by atoms with Crippen LogP contribution in [0.25, 0.3) is 0 Å². The largest absolute Gasteiger partial charge is 0.379 e. The molecule has 0 radical (unpaired) electrons. The highest BCUT2D eigenvalue weighted by atomic mass is 32.1. The maximum atomic E-state index is 14.5. The Morgan fingerprint density at radius 2 is 1.65 bits per heavy atom. The van der Waals surface area contributed by atoms with Gasteiger partial charge in [-0.25, -0.2) is 4.98 Å². The second kappa shape index (κ2) is 25.1. The number of aldehydes is 1. The van der Waals surface area contributed by atoms with E-state index in [2.05, 4.69) is 34.8 Å². The number of likely N-dealkylation sites (N-methyl/N-ethyl adjacent to an activating group) is 3. The molecule has 2 aromatic rings. The van der Waals surface area contributed by atoms with Crippen molar-refractivity contribution in [2.24, 2.45) is 29.6 Å². The molecule has 0 aliphatic carbocycles. The van der Waals surface area contributed by atoms with E-state index in [0.29, 0.717) is 19.4 Å². The van der Waals surface area contributed by atoms with Crippen molar-refractivity contribution in [3.8, 4) is 0 Å². The van der Waals surface area contributed by atoms with Crippen LogP contribution < -0.4 is 16.0 Å². The van der Waals surface area contributed by atoms with Gasteiger partial charge in [-0.05, 0) is 62.6 Å². The molecule has 10 atom stereocenters. The zero-order valence-corrected chi connectivity index (χ0v) is 41.4. The lowest BCUT2D eigenvalue weighted by Gasteiger charge is -2.44. The number of carbonyl (C=O) groups excluding carboxylic acids is 5. The van der Waals surface area contributed by atoms with E-state index in [4.69, 9.17) is 9.47 Å². The topological polar surface area (TPSA) is 163 Å². The number of thiazole rings is 1. The summed E-state index contributed by atoms with van der Waals surface area (Å²) in [7, 11) is 8.49. The van der Waals surface area contributed by atoms with Gasteiger partial charge in [-0.15, -0.1) is 11.3 Å². The lowest BCUT2D eigenvalue weighted by molar-refractivity contribution is -0.145. The number of hydrogen-bond acceptors (Lipinski definition) is 11. The molecular weight excluding hydrogens is 819 g/mol. The molecule has 0 bridgehead atoms. The van der Waals surface area contributed by atoms with Gasteiger partial charge in [0.1, 0.15) is 22.9 Å². The molecule has 1 fully saturated rings. The molecule has 14 nitrogen and oxygen atoms in total. The molecule has 0 unspecified atom stereocenters. The Morgan fingerprint density at radius 1 is 0.984 bits per heavy atom. The van der Waals surface area contributed by atoms with E-state index < -0.39 is 41.7 Å². The molecular formula is C48H79N7O7S. The number of hydrogen-bond donors (Lipinski definition) is 3. The van der Waals surface area contributed by atoms with Gasteiger partial charge in [0.2, 0.25) is 23.6 Å². The van der Waals surface area contributed by atoms with E-state index in [1.807, 2.05) is 101 Å². The summed E-state index contributed by atoms with van der Waals surface area (Å²) in [5.41, 5.74) is -0.235. The third-order valence-electron chi connectivity index (χ3n) is 13.3. The van der Waals surface area contributed by atoms with E-state index >= 15 is 0 Å². The number of nitrogens with one attached hydrogen (secondary N) is 3. The lowest BCUT2D eigenvalue weighted by Crippen LogP contribution is -2.66. The summed E-state index contributed by atoms with van der Waals surface area (Å²) in [6.07, 6.45) is 4.33. The molecule has 1 aromatic carbocycles. The predicted octanol–water partition coefficient (Wildman–Crippen LogP) is 5.37. The molecule has 63 heavy (non-hydrogen) atoms. The van der Waals surface area contributed by atoms with Crippen LogP contribution in [0.15, 0.2) is 41.9 Å². The van der Waals surface area contributed by atoms with Gasteiger partial charge in [-0.3, -0.25) is 24.1 Å². The van der Waals surface area contributed by atoms with Crippen molar-refractivity contribution >= 4 is 41.3 Å². The molecule has 1 aromatic heterocycles. The van der Waals surface area contributed by atoms with Crippen LogP contribution in [0.1, 0.15) is 105 Å². The average molecular weight is 898 g/mol. The molecule has 1 aliphatic heterocycles. The zero-order valence-electron chi connectivity index (χ0n) is 40.6. The predicted molar refractivity (Wildman–Crippen MR) is 250 cm³/mol. The first-order chi connectivity index (χ1) is 29.8. The Morgan fingerprint density at radius 3 is 2.16 bits per heavy atom. The molecule has 15 heteroatoms. The van der Waals surface area contributed by atoms with E-state index in [0.717, 1.165) is 29.7 Å². The van der Waals surface area contributed by atoms with Crippen molar-refractivity contribution in [2.75, 3.05) is 48.5 Å². The Labute approximate surface area is 382 Å². The highest BCUT2D eigenvalue weighted by Crippen LogP contribution is 2.31. The van der Waals surface area contributed by atoms with Gasteiger partial charge in [0, 0.05) is 52.0 Å². The Kier molecular flexibility index (Phi) is 21.3. The van der Waals surface area contributed by atoms with Gasteiger partial charge in [0.25, 0.3) is 0 Å². The quantitative estimate of drug-likeness (QED) is 0.105. The number of likely N-dealkylation sites (tertiary alicyclic amines) is 1. The first-order valence-electron chi connectivity index (χ1n) is 22.8. The highest BCUT2D eigenvalue weighted by Gasteiger charge is 2.45. The molecule has 0 spiro atoms. The van der Waals surface area contributed by atoms with Crippen LogP contribution in [0.3, 0.4) is 0 Å². The van der Waals surface area contributed by atoms with Crippen molar-refractivity contribution < 1.29 is 33.4 Å². The van der Waals surface area contributed by atoms with Gasteiger partial charge in [-0.1, -0.05) is 99.1 Å². The first kappa shape index (κ1) is 53.6. The third-order valence-corrected chi connectivity index (χ3v) is 14.2. The van der Waals surface area contributed by atoms with E-state index in [-0.39, 0.29) is 72.5 Å². The minimum atomic E-state index is -1.32. The fourth-order valence-corrected chi connectivity index (χ4v) is 10.1. The van der Waals surface area contributed by atoms with Crippen LogP contribution in [0.2, 0.25) is 0 Å². The van der Waals surface area contributed by atoms with Crippen LogP contribution in [-0.4, -0.2) is 140 Å². The normalized spacial score (nSPS) is 19.2. The van der Waals surface area contributed by atoms with Crippen molar-refractivity contribution in [3.63, 3.8) is 0 Å². The van der Waals surface area contributed by atoms with Gasteiger partial charge >= 0.3 is 0 Å². The Bertz CT molecular complexity index is 1730. The Balaban J connectivity index is 1.84. The average Bonchev–Trinajstić information content (AvgIpc) is 3.97. The number of carbonyl (C=O) groups is 5. The maximum Gasteiger partial charge on any atom is 0.243 e. The molecule has 4 amide bonds. The summed E-state index contributed by atoms with van der Waals surface area (Å²) in [4.78, 5) is 79.6. The highest BCUT2D eigenvalue weighted by molar-refractivity contribution is 7.09. The minimum Gasteiger partial charge on any atom is -0.379 e. The number of ether oxygens (including phenoxy) is 2. The molecule has 0 saturated carbocycles. The van der Waals surface area contributed by atoms with Gasteiger partial charge in [-0.2, -0.15) is 0 Å². The van der Waals surface area contributed by atoms with Crippen molar-refractivity contribution in [3.05, 3.63) is 52.5 Å². The minimum absolute atomic E-state index is 0.00299. The molecule has 1 aliphatic rings. The zero-order chi connectivity index (χ0) is 47.2. The standard InChI is InChI=1S/C48H79N7O7S/c1-15-33(8)42(53(11)28-48(29-56,32(6)7)52-45(59)41(31(4)5)54(12)47(60)40(49-10)30(2)3)38(61-13)27-39(57)55-24-19-22-37(55)43(62-14)34(9)44(58)51-36(46-50-23-25-63-46)26-35-20-17-16-18-21-35/h16-18,20-21,23,25,29-34,36-38,40-43,49H,15,19,22,24,26-28H2,1-14H3,(H,51,58)(H,52,59)/t33-,34+,36-,37-,38+,40-,41-,42-,43+,48+/m0/s1. The smallest absolute Gasteiger partial charge is 0.243 e. The van der Waals surface area contributed by atoms with Crippen molar-refractivity contribution in [1.82, 2.24) is 35.6 Å². The number of aromatic nitrogens is 1. The van der Waals surface area contributed by atoms with Crippen molar-refractivity contribution in [1.29, 1.82) is 0 Å². The van der Waals surface area contributed by atoms with E-state index in [1.54, 1.807) is 34.5 Å². The van der Waals surface area contributed by atoms with Gasteiger partial charge < -0.3 is 40.0 Å². The Hall–Kier alpha value is -3.76. The number of rotatable bonds is 26. The number of amides is 4. The third kappa shape index (κ3) is 13.6. The summed E-state index contributed by atoms with van der Waals surface area (Å²) >= 11 is 1.50. The van der Waals surface area contributed by atoms with Crippen LogP contribution in [0, 0.1) is 29.6 Å². The molecule has 2 heterocycles. The number of methoxy groups -OCH3 is 2. The second-order valence-electron chi connectivity index (χ2n) is 18.6. The first-order valence-corrected chi connectivity index (χ1v) is 23.7. The number of nitrogens with zero attached hydrogens (tertiary/aromatic N) is 4. The summed E-state index contributed by atoms with van der Waals surface area (Å²) in [6, 6.07) is 7.75. The molecule has 3 N–H and O–H groups in total. The summed E-state index contributed by atoms with van der Waals surface area (Å²) in [5, 5.41) is 12.2. The lowest BCUT2D eigenvalue weighted by atomic mass is 9.84.